The van der Waals surface area contributed by atoms with E-state index in [4.69, 9.17) is 0 Å². The van der Waals surface area contributed by atoms with Gasteiger partial charge in [0.1, 0.15) is 0 Å². The summed E-state index contributed by atoms with van der Waals surface area (Å²) < 4.78 is 0. The zero-order valence-corrected chi connectivity index (χ0v) is 18.2. The highest BCUT2D eigenvalue weighted by atomic mass is 16.1. The fourth-order valence-electron chi connectivity index (χ4n) is 6.52. The van der Waals surface area contributed by atoms with Crippen molar-refractivity contribution in [2.75, 3.05) is 19.6 Å². The Bertz CT molecular complexity index is 539. The van der Waals surface area contributed by atoms with Gasteiger partial charge in [0.15, 0.2) is 0 Å². The number of piperidine rings is 1. The van der Waals surface area contributed by atoms with E-state index in [0.29, 0.717) is 6.04 Å². The molecule has 0 bridgehead atoms. The fraction of sp³-hybridized carbons (Fsp3) is 0.875. The molecule has 4 fully saturated rings. The van der Waals surface area contributed by atoms with Gasteiger partial charge >= 0.3 is 0 Å². The topological polar surface area (TPSA) is 56.4 Å². The zero-order chi connectivity index (χ0) is 20.1. The van der Waals surface area contributed by atoms with E-state index in [1.54, 1.807) is 0 Å². The lowest BCUT2D eigenvalue weighted by Gasteiger charge is -2.40. The van der Waals surface area contributed by atoms with E-state index in [-0.39, 0.29) is 12.1 Å². The molecule has 0 aromatic carbocycles. The molecule has 164 valence electrons. The predicted octanol–water partition coefficient (Wildman–Crippen LogP) is 3.58. The van der Waals surface area contributed by atoms with Crippen LogP contribution < -0.4 is 16.1 Å². The van der Waals surface area contributed by atoms with E-state index < -0.39 is 0 Å². The Morgan fingerprint density at radius 2 is 1.79 bits per heavy atom. The lowest BCUT2D eigenvalue weighted by atomic mass is 9.70. The monoisotopic (exact) mass is 402 g/mol. The molecule has 2 saturated carbocycles. The van der Waals surface area contributed by atoms with Gasteiger partial charge in [-0.3, -0.25) is 15.5 Å². The molecule has 5 atom stereocenters. The lowest BCUT2D eigenvalue weighted by Crippen LogP contribution is -2.51. The lowest BCUT2D eigenvalue weighted by molar-refractivity contribution is -0.117. The molecule has 0 aromatic heterocycles. The van der Waals surface area contributed by atoms with Gasteiger partial charge in [-0.2, -0.15) is 0 Å². The van der Waals surface area contributed by atoms with E-state index >= 15 is 0 Å². The van der Waals surface area contributed by atoms with Crippen molar-refractivity contribution in [1.29, 1.82) is 0 Å². The van der Waals surface area contributed by atoms with Crippen molar-refractivity contribution in [1.82, 2.24) is 21.1 Å². The molecule has 5 nitrogen and oxygen atoms in total. The van der Waals surface area contributed by atoms with Crippen LogP contribution in [0, 0.1) is 23.7 Å². The van der Waals surface area contributed by atoms with Gasteiger partial charge in [-0.25, -0.2) is 5.01 Å². The normalized spacial score (nSPS) is 37.3. The van der Waals surface area contributed by atoms with Gasteiger partial charge in [0.2, 0.25) is 5.91 Å². The summed E-state index contributed by atoms with van der Waals surface area (Å²) in [6.45, 7) is 7.12. The summed E-state index contributed by atoms with van der Waals surface area (Å²) in [6, 6.07) is 0.706. The van der Waals surface area contributed by atoms with Crippen LogP contribution in [0.2, 0.25) is 0 Å². The Morgan fingerprint density at radius 3 is 2.55 bits per heavy atom. The smallest absolute Gasteiger partial charge is 0.244 e. The van der Waals surface area contributed by atoms with Crippen LogP contribution in [-0.4, -0.2) is 42.8 Å². The number of carbonyl (C=O) groups excluding carboxylic acids is 1. The third-order valence-corrected chi connectivity index (χ3v) is 8.21. The minimum atomic E-state index is -0.0660. The van der Waals surface area contributed by atoms with Gasteiger partial charge in [0, 0.05) is 25.7 Å². The fourth-order valence-corrected chi connectivity index (χ4v) is 6.52. The highest BCUT2D eigenvalue weighted by Crippen LogP contribution is 2.39. The van der Waals surface area contributed by atoms with Crippen LogP contribution in [0.25, 0.3) is 0 Å². The Labute approximate surface area is 177 Å². The van der Waals surface area contributed by atoms with Crippen LogP contribution in [-0.2, 0) is 4.79 Å². The minimum absolute atomic E-state index is 0.0660. The quantitative estimate of drug-likeness (QED) is 0.595. The van der Waals surface area contributed by atoms with Crippen molar-refractivity contribution in [3.8, 4) is 0 Å². The standard InChI is InChI=1S/C24H42N4O/c1-2-24(29)26-23-12-11-21(16-25-23)19-9-6-10-20(15-19)22-13-14-28(27-22)17-18-7-4-3-5-8-18/h2,18-23,25,27H,1,3-17H2,(H,26,29). The highest BCUT2D eigenvalue weighted by Gasteiger charge is 2.37. The number of amides is 1. The predicted molar refractivity (Wildman–Crippen MR) is 118 cm³/mol. The second kappa shape index (κ2) is 10.4. The average Bonchev–Trinajstić information content (AvgIpc) is 3.23. The van der Waals surface area contributed by atoms with Gasteiger partial charge in [0.05, 0.1) is 6.17 Å². The van der Waals surface area contributed by atoms with E-state index in [0.717, 1.165) is 36.6 Å². The molecule has 29 heavy (non-hydrogen) atoms. The first-order chi connectivity index (χ1) is 14.2. The first-order valence-electron chi connectivity index (χ1n) is 12.4. The average molecular weight is 403 g/mol. The maximum Gasteiger partial charge on any atom is 0.244 e. The second-order valence-corrected chi connectivity index (χ2v) is 10.2. The molecule has 2 heterocycles. The summed E-state index contributed by atoms with van der Waals surface area (Å²) in [4.78, 5) is 11.5. The van der Waals surface area contributed by atoms with Crippen molar-refractivity contribution < 1.29 is 4.79 Å². The van der Waals surface area contributed by atoms with Crippen LogP contribution in [0.4, 0.5) is 0 Å². The summed E-state index contributed by atoms with van der Waals surface area (Å²) >= 11 is 0. The summed E-state index contributed by atoms with van der Waals surface area (Å²) in [7, 11) is 0. The van der Waals surface area contributed by atoms with Crippen LogP contribution in [0.15, 0.2) is 12.7 Å². The second-order valence-electron chi connectivity index (χ2n) is 10.2. The van der Waals surface area contributed by atoms with Gasteiger partial charge in [0.25, 0.3) is 0 Å². The van der Waals surface area contributed by atoms with Crippen molar-refractivity contribution >= 4 is 5.91 Å². The molecule has 2 saturated heterocycles. The third-order valence-electron chi connectivity index (χ3n) is 8.21. The van der Waals surface area contributed by atoms with Crippen LogP contribution in [0.5, 0.6) is 0 Å². The molecule has 4 aliphatic rings. The van der Waals surface area contributed by atoms with Gasteiger partial charge in [-0.05, 0) is 74.7 Å². The van der Waals surface area contributed by atoms with E-state index in [1.807, 2.05) is 0 Å². The summed E-state index contributed by atoms with van der Waals surface area (Å²) in [6.07, 6.45) is 17.9. The SMILES string of the molecule is C=CC(=O)NC1CCC(C2CCCC(C3CCN(CC4CCCCC4)N3)C2)CN1. The molecule has 5 heteroatoms. The summed E-state index contributed by atoms with van der Waals surface area (Å²) in [5.74, 6) is 3.34. The first kappa shape index (κ1) is 21.3. The van der Waals surface area contributed by atoms with Gasteiger partial charge < -0.3 is 5.32 Å². The molecule has 0 spiro atoms. The maximum absolute atomic E-state index is 11.5. The zero-order valence-electron chi connectivity index (χ0n) is 18.2. The van der Waals surface area contributed by atoms with Gasteiger partial charge in [-0.15, -0.1) is 0 Å². The molecule has 5 unspecified atom stereocenters. The van der Waals surface area contributed by atoms with Crippen LogP contribution >= 0.6 is 0 Å². The summed E-state index contributed by atoms with van der Waals surface area (Å²) in [5, 5.41) is 9.13. The molecule has 0 aromatic rings. The van der Waals surface area contributed by atoms with Gasteiger partial charge in [-0.1, -0.05) is 38.7 Å². The Balaban J connectivity index is 1.21. The Hall–Kier alpha value is -0.910. The van der Waals surface area contributed by atoms with Crippen LogP contribution in [0.3, 0.4) is 0 Å². The molecular formula is C24H42N4O. The third kappa shape index (κ3) is 5.83. The maximum atomic E-state index is 11.5. The van der Waals surface area contributed by atoms with E-state index in [1.165, 1.54) is 89.8 Å². The number of hydrazine groups is 1. The van der Waals surface area contributed by atoms with E-state index in [9.17, 15) is 4.79 Å². The van der Waals surface area contributed by atoms with Crippen LogP contribution in [0.1, 0.15) is 77.0 Å². The van der Waals surface area contributed by atoms with E-state index in [2.05, 4.69) is 27.6 Å². The van der Waals surface area contributed by atoms with Crippen molar-refractivity contribution in [3.05, 3.63) is 12.7 Å². The number of nitrogens with zero attached hydrogens (tertiary/aromatic N) is 1. The molecule has 2 aliphatic heterocycles. The highest BCUT2D eigenvalue weighted by molar-refractivity contribution is 5.87. The molecule has 4 rings (SSSR count). The Morgan fingerprint density at radius 1 is 0.966 bits per heavy atom. The summed E-state index contributed by atoms with van der Waals surface area (Å²) in [5.41, 5.74) is 3.93. The first-order valence-corrected chi connectivity index (χ1v) is 12.4. The van der Waals surface area contributed by atoms with Crippen molar-refractivity contribution in [2.24, 2.45) is 23.7 Å². The Kier molecular flexibility index (Phi) is 7.65. The number of hydrogen-bond donors (Lipinski definition) is 3. The molecule has 0 radical (unpaired) electrons. The largest absolute Gasteiger partial charge is 0.337 e. The number of nitrogens with one attached hydrogen (secondary N) is 3. The molecular weight excluding hydrogens is 360 g/mol. The number of carbonyl (C=O) groups is 1. The minimum Gasteiger partial charge on any atom is -0.337 e. The molecule has 1 amide bonds. The van der Waals surface area contributed by atoms with Crippen molar-refractivity contribution in [3.63, 3.8) is 0 Å². The molecule has 2 aliphatic carbocycles. The number of rotatable bonds is 6. The molecule has 3 N–H and O–H groups in total. The van der Waals surface area contributed by atoms with Crippen molar-refractivity contribution in [2.45, 2.75) is 89.3 Å². The number of hydrogen-bond acceptors (Lipinski definition) is 4.